The number of likely N-dealkylation sites (N-methyl/N-ethyl adjacent to an activating group) is 1. The third kappa shape index (κ3) is 6.40. The molecule has 2 rings (SSSR count). The Morgan fingerprint density at radius 3 is 2.44 bits per heavy atom. The van der Waals surface area contributed by atoms with Crippen LogP contribution in [-0.4, -0.2) is 41.8 Å². The zero-order valence-electron chi connectivity index (χ0n) is 15.9. The molecule has 0 fully saturated rings. The minimum Gasteiger partial charge on any atom is -0.340 e. The molecule has 144 valence electrons. The van der Waals surface area contributed by atoms with E-state index in [1.807, 2.05) is 55.6 Å². The van der Waals surface area contributed by atoms with Crippen molar-refractivity contribution in [3.05, 3.63) is 69.7 Å². The standard InChI is InChI=1S/C21H25BrN2O2S/c1-15-8-10-16(11-9-15)14-24(2)21(26)19(12-13-27-3)23-20(25)17-6-4-5-7-18(17)22/h4-11,19H,12-14H2,1-3H3,(H,23,25). The number of carbonyl (C=O) groups excluding carboxylic acids is 2. The number of halogens is 1. The molecule has 0 saturated carbocycles. The van der Waals surface area contributed by atoms with Gasteiger partial charge in [0.25, 0.3) is 5.91 Å². The van der Waals surface area contributed by atoms with Gasteiger partial charge in [-0.05, 0) is 59.0 Å². The number of thioether (sulfide) groups is 1. The number of aryl methyl sites for hydroxylation is 1. The van der Waals surface area contributed by atoms with Crippen LogP contribution in [0.3, 0.4) is 0 Å². The van der Waals surface area contributed by atoms with Crippen LogP contribution >= 0.6 is 27.7 Å². The van der Waals surface area contributed by atoms with E-state index in [0.717, 1.165) is 11.3 Å². The van der Waals surface area contributed by atoms with Crippen LogP contribution in [0.2, 0.25) is 0 Å². The molecule has 4 nitrogen and oxygen atoms in total. The van der Waals surface area contributed by atoms with E-state index >= 15 is 0 Å². The average molecular weight is 449 g/mol. The highest BCUT2D eigenvalue weighted by molar-refractivity contribution is 9.10. The number of rotatable bonds is 8. The first-order valence-corrected chi connectivity index (χ1v) is 11.0. The van der Waals surface area contributed by atoms with Gasteiger partial charge >= 0.3 is 0 Å². The molecule has 0 aromatic heterocycles. The number of nitrogens with zero attached hydrogens (tertiary/aromatic N) is 1. The van der Waals surface area contributed by atoms with Gasteiger partial charge in [-0.2, -0.15) is 11.8 Å². The normalized spacial score (nSPS) is 11.7. The molecule has 6 heteroatoms. The van der Waals surface area contributed by atoms with Gasteiger partial charge in [-0.25, -0.2) is 0 Å². The van der Waals surface area contributed by atoms with E-state index in [-0.39, 0.29) is 11.8 Å². The van der Waals surface area contributed by atoms with Crippen LogP contribution in [0.1, 0.15) is 27.9 Å². The lowest BCUT2D eigenvalue weighted by molar-refractivity contribution is -0.132. The van der Waals surface area contributed by atoms with E-state index < -0.39 is 6.04 Å². The second-order valence-electron chi connectivity index (χ2n) is 6.47. The van der Waals surface area contributed by atoms with E-state index in [1.165, 1.54) is 5.56 Å². The highest BCUT2D eigenvalue weighted by Crippen LogP contribution is 2.16. The van der Waals surface area contributed by atoms with Crippen LogP contribution in [0.25, 0.3) is 0 Å². The smallest absolute Gasteiger partial charge is 0.253 e. The first kappa shape index (κ1) is 21.5. The summed E-state index contributed by atoms with van der Waals surface area (Å²) in [6.07, 6.45) is 2.58. The van der Waals surface area contributed by atoms with Crippen molar-refractivity contribution < 1.29 is 9.59 Å². The fourth-order valence-electron chi connectivity index (χ4n) is 2.69. The maximum Gasteiger partial charge on any atom is 0.253 e. The Kier molecular flexibility index (Phi) is 8.38. The van der Waals surface area contributed by atoms with Crippen LogP contribution < -0.4 is 5.32 Å². The van der Waals surface area contributed by atoms with Crippen molar-refractivity contribution in [1.29, 1.82) is 0 Å². The van der Waals surface area contributed by atoms with Crippen molar-refractivity contribution in [3.63, 3.8) is 0 Å². The molecule has 2 amide bonds. The molecule has 0 aliphatic carbocycles. The summed E-state index contributed by atoms with van der Waals surface area (Å²) < 4.78 is 0.714. The summed E-state index contributed by atoms with van der Waals surface area (Å²) >= 11 is 5.05. The Morgan fingerprint density at radius 1 is 1.15 bits per heavy atom. The van der Waals surface area contributed by atoms with Crippen molar-refractivity contribution in [2.45, 2.75) is 25.9 Å². The molecule has 1 atom stereocenters. The number of carbonyl (C=O) groups is 2. The summed E-state index contributed by atoms with van der Waals surface area (Å²) in [7, 11) is 1.78. The second-order valence-corrected chi connectivity index (χ2v) is 8.31. The fourth-order valence-corrected chi connectivity index (χ4v) is 3.62. The van der Waals surface area contributed by atoms with Gasteiger partial charge in [0, 0.05) is 18.1 Å². The summed E-state index contributed by atoms with van der Waals surface area (Å²) in [4.78, 5) is 27.3. The Labute approximate surface area is 173 Å². The molecule has 0 radical (unpaired) electrons. The molecule has 0 aliphatic heterocycles. The molecule has 0 aliphatic rings. The number of nitrogens with one attached hydrogen (secondary N) is 1. The summed E-state index contributed by atoms with van der Waals surface area (Å²) in [6.45, 7) is 2.55. The van der Waals surface area contributed by atoms with Gasteiger partial charge in [-0.15, -0.1) is 0 Å². The molecule has 0 saturated heterocycles. The Bertz CT molecular complexity index is 780. The monoisotopic (exact) mass is 448 g/mol. The Morgan fingerprint density at radius 2 is 1.81 bits per heavy atom. The molecule has 1 unspecified atom stereocenters. The summed E-state index contributed by atoms with van der Waals surface area (Å²) in [6, 6.07) is 14.8. The molecule has 2 aromatic carbocycles. The van der Waals surface area contributed by atoms with Crippen molar-refractivity contribution in [2.75, 3.05) is 19.1 Å². The number of hydrogen-bond donors (Lipinski definition) is 1. The lowest BCUT2D eigenvalue weighted by Crippen LogP contribution is -2.47. The topological polar surface area (TPSA) is 49.4 Å². The predicted molar refractivity (Wildman–Crippen MR) is 116 cm³/mol. The molecule has 27 heavy (non-hydrogen) atoms. The van der Waals surface area contributed by atoms with E-state index in [9.17, 15) is 9.59 Å². The van der Waals surface area contributed by atoms with Gasteiger partial charge in [0.15, 0.2) is 0 Å². The Hall–Kier alpha value is -1.79. The number of hydrogen-bond acceptors (Lipinski definition) is 3. The predicted octanol–water partition coefficient (Wildman–Crippen LogP) is 4.27. The molecule has 0 spiro atoms. The first-order chi connectivity index (χ1) is 12.9. The van der Waals surface area contributed by atoms with E-state index in [2.05, 4.69) is 21.2 Å². The number of amides is 2. The van der Waals surface area contributed by atoms with Gasteiger partial charge in [0.2, 0.25) is 5.91 Å². The third-order valence-corrected chi connectivity index (χ3v) is 5.58. The highest BCUT2D eigenvalue weighted by Gasteiger charge is 2.24. The van der Waals surface area contributed by atoms with Crippen LogP contribution in [0, 0.1) is 6.92 Å². The fraction of sp³-hybridized carbons (Fsp3) is 0.333. The van der Waals surface area contributed by atoms with Gasteiger partial charge in [0.1, 0.15) is 6.04 Å². The number of benzene rings is 2. The van der Waals surface area contributed by atoms with Gasteiger partial charge in [0.05, 0.1) is 5.56 Å². The third-order valence-electron chi connectivity index (χ3n) is 4.25. The summed E-state index contributed by atoms with van der Waals surface area (Å²) in [5.41, 5.74) is 2.78. The second kappa shape index (κ2) is 10.5. The SMILES string of the molecule is CSCCC(NC(=O)c1ccccc1Br)C(=O)N(C)Cc1ccc(C)cc1. The lowest BCUT2D eigenvalue weighted by atomic mass is 10.1. The molecule has 0 bridgehead atoms. The van der Waals surface area contributed by atoms with E-state index in [0.29, 0.717) is 23.0 Å². The molecule has 2 aromatic rings. The van der Waals surface area contributed by atoms with Crippen LogP contribution in [0.4, 0.5) is 0 Å². The molecule has 1 N–H and O–H groups in total. The van der Waals surface area contributed by atoms with Crippen LogP contribution in [0.5, 0.6) is 0 Å². The Balaban J connectivity index is 2.09. The maximum atomic E-state index is 13.0. The quantitative estimate of drug-likeness (QED) is 0.655. The molecular formula is C21H25BrN2O2S. The van der Waals surface area contributed by atoms with Crippen molar-refractivity contribution in [3.8, 4) is 0 Å². The molecular weight excluding hydrogens is 424 g/mol. The average Bonchev–Trinajstić information content (AvgIpc) is 2.66. The maximum absolute atomic E-state index is 13.0. The van der Waals surface area contributed by atoms with Crippen LogP contribution in [0.15, 0.2) is 53.0 Å². The van der Waals surface area contributed by atoms with Gasteiger partial charge < -0.3 is 10.2 Å². The van der Waals surface area contributed by atoms with Crippen LogP contribution in [-0.2, 0) is 11.3 Å². The van der Waals surface area contributed by atoms with Crippen molar-refractivity contribution in [2.24, 2.45) is 0 Å². The minimum absolute atomic E-state index is 0.0787. The van der Waals surface area contributed by atoms with E-state index in [1.54, 1.807) is 29.8 Å². The van der Waals surface area contributed by atoms with E-state index in [4.69, 9.17) is 0 Å². The first-order valence-electron chi connectivity index (χ1n) is 8.77. The minimum atomic E-state index is -0.549. The highest BCUT2D eigenvalue weighted by atomic mass is 79.9. The van der Waals surface area contributed by atoms with Crippen molar-refractivity contribution in [1.82, 2.24) is 10.2 Å². The zero-order chi connectivity index (χ0) is 19.8. The van der Waals surface area contributed by atoms with Gasteiger partial charge in [-0.1, -0.05) is 42.0 Å². The van der Waals surface area contributed by atoms with Gasteiger partial charge in [-0.3, -0.25) is 9.59 Å². The zero-order valence-corrected chi connectivity index (χ0v) is 18.3. The van der Waals surface area contributed by atoms with Crippen molar-refractivity contribution >= 4 is 39.5 Å². The lowest BCUT2D eigenvalue weighted by Gasteiger charge is -2.25. The largest absolute Gasteiger partial charge is 0.340 e. The summed E-state index contributed by atoms with van der Waals surface area (Å²) in [5, 5.41) is 2.91. The molecule has 0 heterocycles. The summed E-state index contributed by atoms with van der Waals surface area (Å²) in [5.74, 6) is 0.473.